The first-order chi connectivity index (χ1) is 19.6. The highest BCUT2D eigenvalue weighted by molar-refractivity contribution is 7.89. The fourth-order valence-electron chi connectivity index (χ4n) is 5.19. The number of thiophene rings is 1. The molecule has 2 aliphatic rings. The largest absolute Gasteiger partial charge is 0.487 e. The number of amides is 2. The van der Waals surface area contributed by atoms with Crippen molar-refractivity contribution in [2.75, 3.05) is 26.2 Å². The summed E-state index contributed by atoms with van der Waals surface area (Å²) < 4.78 is 35.0. The molecule has 0 aliphatic carbocycles. The summed E-state index contributed by atoms with van der Waals surface area (Å²) in [4.78, 5) is 27.0. The number of sulfonamides is 1. The fraction of sp³-hybridized carbons (Fsp3) is 0.448. The standard InChI is InChI=1S/C29H35ClN4O5S2/c1-18(2)13-24(33-29(36)27-14-19-5-3-4-6-26(19)40-27)28(35)32-20-10-12-34(17-20)41(37,38)22-7-8-25(23(30)15-22)39-21-9-11-31-16-21/h3-8,14-15,18,20-21,24,31H,9-13,16-17H2,1-2H3,(H,32,35)(H,33,36). The molecular formula is C29H35ClN4O5S2. The van der Waals surface area contributed by atoms with E-state index in [2.05, 4.69) is 16.0 Å². The fourth-order valence-corrected chi connectivity index (χ4v) is 7.97. The summed E-state index contributed by atoms with van der Waals surface area (Å²) in [6, 6.07) is 13.0. The van der Waals surface area contributed by atoms with Crippen molar-refractivity contribution in [1.82, 2.24) is 20.3 Å². The van der Waals surface area contributed by atoms with Gasteiger partial charge in [0.1, 0.15) is 17.9 Å². The third-order valence-corrected chi connectivity index (χ3v) is 10.6. The average Bonchev–Trinajstić information content (AvgIpc) is 3.70. The van der Waals surface area contributed by atoms with Crippen LogP contribution in [0.1, 0.15) is 42.8 Å². The van der Waals surface area contributed by atoms with Crippen LogP contribution in [0.4, 0.5) is 0 Å². The van der Waals surface area contributed by atoms with E-state index in [1.807, 2.05) is 44.2 Å². The summed E-state index contributed by atoms with van der Waals surface area (Å²) >= 11 is 7.77. The Morgan fingerprint density at radius 3 is 2.68 bits per heavy atom. The molecule has 3 aromatic rings. The summed E-state index contributed by atoms with van der Waals surface area (Å²) in [5, 5.41) is 10.3. The molecule has 2 fully saturated rings. The molecule has 12 heteroatoms. The lowest BCUT2D eigenvalue weighted by molar-refractivity contribution is -0.124. The zero-order chi connectivity index (χ0) is 29.1. The second-order valence-corrected chi connectivity index (χ2v) is 14.4. The highest BCUT2D eigenvalue weighted by Crippen LogP contribution is 2.31. The van der Waals surface area contributed by atoms with Gasteiger partial charge in [0.2, 0.25) is 15.9 Å². The van der Waals surface area contributed by atoms with Crippen LogP contribution in [0.3, 0.4) is 0 Å². The van der Waals surface area contributed by atoms with Crippen molar-refractivity contribution in [2.24, 2.45) is 5.92 Å². The number of rotatable bonds is 10. The van der Waals surface area contributed by atoms with Gasteiger partial charge in [0.25, 0.3) is 5.91 Å². The summed E-state index contributed by atoms with van der Waals surface area (Å²) in [5.74, 6) is 0.00907. The number of hydrogen-bond donors (Lipinski definition) is 3. The van der Waals surface area contributed by atoms with Gasteiger partial charge in [-0.2, -0.15) is 4.31 Å². The van der Waals surface area contributed by atoms with Gasteiger partial charge in [0, 0.05) is 30.4 Å². The van der Waals surface area contributed by atoms with Gasteiger partial charge >= 0.3 is 0 Å². The molecule has 5 rings (SSSR count). The molecule has 0 bridgehead atoms. The van der Waals surface area contributed by atoms with Crippen LogP contribution in [-0.4, -0.2) is 68.9 Å². The predicted molar refractivity (Wildman–Crippen MR) is 161 cm³/mol. The Labute approximate surface area is 249 Å². The van der Waals surface area contributed by atoms with Crippen molar-refractivity contribution >= 4 is 54.9 Å². The van der Waals surface area contributed by atoms with E-state index in [0.717, 1.165) is 29.6 Å². The maximum Gasteiger partial charge on any atom is 0.262 e. The number of carbonyl (C=O) groups is 2. The van der Waals surface area contributed by atoms with Crippen molar-refractivity contribution in [3.63, 3.8) is 0 Å². The molecule has 0 radical (unpaired) electrons. The van der Waals surface area contributed by atoms with Gasteiger partial charge in [-0.25, -0.2) is 8.42 Å². The third kappa shape index (κ3) is 7.03. The maximum absolute atomic E-state index is 13.4. The van der Waals surface area contributed by atoms with Crippen LogP contribution in [0.5, 0.6) is 5.75 Å². The number of carbonyl (C=O) groups excluding carboxylic acids is 2. The minimum Gasteiger partial charge on any atom is -0.487 e. The molecule has 9 nitrogen and oxygen atoms in total. The van der Waals surface area contributed by atoms with Crippen molar-refractivity contribution in [3.8, 4) is 5.75 Å². The van der Waals surface area contributed by atoms with E-state index < -0.39 is 16.1 Å². The van der Waals surface area contributed by atoms with Crippen LogP contribution in [-0.2, 0) is 14.8 Å². The van der Waals surface area contributed by atoms with Crippen LogP contribution >= 0.6 is 22.9 Å². The van der Waals surface area contributed by atoms with Crippen molar-refractivity contribution in [1.29, 1.82) is 0 Å². The summed E-state index contributed by atoms with van der Waals surface area (Å²) in [7, 11) is -3.82. The van der Waals surface area contributed by atoms with Gasteiger partial charge in [-0.1, -0.05) is 43.6 Å². The van der Waals surface area contributed by atoms with Crippen LogP contribution in [0.15, 0.2) is 53.4 Å². The molecule has 2 saturated heterocycles. The molecule has 3 atom stereocenters. The van der Waals surface area contributed by atoms with E-state index in [1.165, 1.54) is 27.8 Å². The molecule has 2 aromatic carbocycles. The highest BCUT2D eigenvalue weighted by Gasteiger charge is 2.35. The van der Waals surface area contributed by atoms with Gasteiger partial charge in [-0.3, -0.25) is 9.59 Å². The second-order valence-electron chi connectivity index (χ2n) is 11.0. The van der Waals surface area contributed by atoms with Gasteiger partial charge in [-0.15, -0.1) is 11.3 Å². The van der Waals surface area contributed by atoms with Crippen molar-refractivity contribution < 1.29 is 22.7 Å². The number of hydrogen-bond acceptors (Lipinski definition) is 7. The van der Waals surface area contributed by atoms with Crippen molar-refractivity contribution in [2.45, 2.75) is 56.2 Å². The number of ether oxygens (including phenoxy) is 1. The van der Waals surface area contributed by atoms with E-state index >= 15 is 0 Å². The monoisotopic (exact) mass is 618 g/mol. The number of nitrogens with zero attached hydrogens (tertiary/aromatic N) is 1. The SMILES string of the molecule is CC(C)CC(NC(=O)c1cc2ccccc2s1)C(=O)NC1CCN(S(=O)(=O)c2ccc(OC3CCNC3)c(Cl)c2)C1. The Balaban J connectivity index is 1.21. The highest BCUT2D eigenvalue weighted by atomic mass is 35.5. The summed E-state index contributed by atoms with van der Waals surface area (Å²) in [6.07, 6.45) is 1.80. The minimum atomic E-state index is -3.82. The van der Waals surface area contributed by atoms with Crippen LogP contribution < -0.4 is 20.7 Å². The number of halogens is 1. The second kappa shape index (κ2) is 12.7. The van der Waals surface area contributed by atoms with E-state index in [9.17, 15) is 18.0 Å². The zero-order valence-corrected chi connectivity index (χ0v) is 25.4. The molecule has 1 aromatic heterocycles. The van der Waals surface area contributed by atoms with E-state index in [4.69, 9.17) is 16.3 Å². The molecule has 2 aliphatic heterocycles. The molecule has 41 heavy (non-hydrogen) atoms. The number of fused-ring (bicyclic) bond motifs is 1. The number of benzene rings is 2. The van der Waals surface area contributed by atoms with Crippen LogP contribution in [0, 0.1) is 5.92 Å². The molecule has 2 amide bonds. The molecule has 3 heterocycles. The quantitative estimate of drug-likeness (QED) is 0.316. The zero-order valence-electron chi connectivity index (χ0n) is 23.1. The minimum absolute atomic E-state index is 0.00663. The predicted octanol–water partition coefficient (Wildman–Crippen LogP) is 4.02. The molecule has 220 valence electrons. The molecule has 0 saturated carbocycles. The Morgan fingerprint density at radius 2 is 1.98 bits per heavy atom. The first kappa shape index (κ1) is 29.8. The molecule has 0 spiro atoms. The third-order valence-electron chi connectivity index (χ3n) is 7.33. The van der Waals surface area contributed by atoms with Gasteiger partial charge in [0.15, 0.2) is 0 Å². The summed E-state index contributed by atoms with van der Waals surface area (Å²) in [6.45, 7) is 5.97. The average molecular weight is 619 g/mol. The lowest BCUT2D eigenvalue weighted by Crippen LogP contribution is -2.50. The van der Waals surface area contributed by atoms with E-state index in [0.29, 0.717) is 23.5 Å². The number of nitrogens with one attached hydrogen (secondary N) is 3. The lowest BCUT2D eigenvalue weighted by atomic mass is 10.0. The smallest absolute Gasteiger partial charge is 0.262 e. The Kier molecular flexibility index (Phi) is 9.20. The van der Waals surface area contributed by atoms with Crippen LogP contribution in [0.25, 0.3) is 10.1 Å². The Hall–Kier alpha value is -2.70. The van der Waals surface area contributed by atoms with E-state index in [1.54, 1.807) is 6.07 Å². The Morgan fingerprint density at radius 1 is 1.17 bits per heavy atom. The first-order valence-electron chi connectivity index (χ1n) is 13.9. The molecular weight excluding hydrogens is 584 g/mol. The molecule has 3 unspecified atom stereocenters. The van der Waals surface area contributed by atoms with Crippen LogP contribution in [0.2, 0.25) is 5.02 Å². The van der Waals surface area contributed by atoms with Gasteiger partial charge in [-0.05, 0) is 67.4 Å². The van der Waals surface area contributed by atoms with Crippen molar-refractivity contribution in [3.05, 3.63) is 58.4 Å². The Bertz CT molecular complexity index is 1490. The van der Waals surface area contributed by atoms with Gasteiger partial charge < -0.3 is 20.7 Å². The maximum atomic E-state index is 13.4. The molecule has 3 N–H and O–H groups in total. The summed E-state index contributed by atoms with van der Waals surface area (Å²) in [5.41, 5.74) is 0. The lowest BCUT2D eigenvalue weighted by Gasteiger charge is -2.23. The van der Waals surface area contributed by atoms with Gasteiger partial charge in [0.05, 0.1) is 14.8 Å². The topological polar surface area (TPSA) is 117 Å². The normalized spacial score (nSPS) is 20.4. The first-order valence-corrected chi connectivity index (χ1v) is 16.5. The van der Waals surface area contributed by atoms with E-state index in [-0.39, 0.29) is 52.9 Å².